The zero-order chi connectivity index (χ0) is 21.3. The normalized spacial score (nSPS) is 11.7. The van der Waals surface area contributed by atoms with E-state index >= 15 is 0 Å². The first-order valence-electron chi connectivity index (χ1n) is 10.4. The van der Waals surface area contributed by atoms with Crippen LogP contribution in [0.4, 0.5) is 0 Å². The van der Waals surface area contributed by atoms with Crippen LogP contribution in [-0.4, -0.2) is 18.3 Å². The summed E-state index contributed by atoms with van der Waals surface area (Å²) in [6.07, 6.45) is 0.842. The molecule has 3 aromatic carbocycles. The van der Waals surface area contributed by atoms with Crippen LogP contribution in [0, 0.1) is 13.8 Å². The van der Waals surface area contributed by atoms with Gasteiger partial charge in [-0.1, -0.05) is 43.3 Å². The van der Waals surface area contributed by atoms with Crippen molar-refractivity contribution in [1.29, 1.82) is 0 Å². The molecule has 1 atom stereocenters. The van der Waals surface area contributed by atoms with Crippen molar-refractivity contribution in [3.63, 3.8) is 0 Å². The van der Waals surface area contributed by atoms with Gasteiger partial charge in [0.1, 0.15) is 5.75 Å². The van der Waals surface area contributed by atoms with Gasteiger partial charge < -0.3 is 10.1 Å². The second-order valence-corrected chi connectivity index (χ2v) is 8.48. The minimum absolute atomic E-state index is 0.00254. The molecule has 0 aliphatic carbocycles. The molecule has 0 unspecified atom stereocenters. The highest BCUT2D eigenvalue weighted by Crippen LogP contribution is 2.21. The van der Waals surface area contributed by atoms with Crippen molar-refractivity contribution in [3.8, 4) is 5.75 Å². The highest BCUT2D eigenvalue weighted by molar-refractivity contribution is 7.99. The summed E-state index contributed by atoms with van der Waals surface area (Å²) in [6.45, 7) is 6.91. The molecule has 156 valence electrons. The molecule has 4 heteroatoms. The maximum Gasteiger partial charge on any atom is 0.251 e. The quantitative estimate of drug-likeness (QED) is 0.324. The van der Waals surface area contributed by atoms with E-state index in [0.29, 0.717) is 12.2 Å². The predicted molar refractivity (Wildman–Crippen MR) is 126 cm³/mol. The molecule has 0 spiro atoms. The molecule has 0 heterocycles. The van der Waals surface area contributed by atoms with Crippen LogP contribution in [0.1, 0.15) is 46.4 Å². The fourth-order valence-corrected chi connectivity index (χ4v) is 3.93. The Bertz CT molecular complexity index is 955. The summed E-state index contributed by atoms with van der Waals surface area (Å²) < 4.78 is 5.81. The number of benzene rings is 3. The van der Waals surface area contributed by atoms with E-state index in [1.165, 1.54) is 16.0 Å². The summed E-state index contributed by atoms with van der Waals surface area (Å²) in [7, 11) is 0. The largest absolute Gasteiger partial charge is 0.493 e. The Morgan fingerprint density at radius 2 is 1.70 bits per heavy atom. The fraction of sp³-hybridized carbons (Fsp3) is 0.269. The Morgan fingerprint density at radius 3 is 2.37 bits per heavy atom. The first kappa shape index (κ1) is 22.0. The minimum Gasteiger partial charge on any atom is -0.493 e. The van der Waals surface area contributed by atoms with E-state index in [1.807, 2.05) is 42.5 Å². The SMILES string of the molecule is CC[C@H](NC(=O)c1ccc(OCCSc2ccccc2)cc1)c1ccc(C)c(C)c1. The molecular formula is C26H29NO2S. The highest BCUT2D eigenvalue weighted by atomic mass is 32.2. The zero-order valence-corrected chi connectivity index (χ0v) is 18.7. The van der Waals surface area contributed by atoms with E-state index in [0.717, 1.165) is 23.5 Å². The van der Waals surface area contributed by atoms with Crippen LogP contribution in [-0.2, 0) is 0 Å². The van der Waals surface area contributed by atoms with Crippen molar-refractivity contribution in [3.05, 3.63) is 95.1 Å². The second-order valence-electron chi connectivity index (χ2n) is 7.31. The Morgan fingerprint density at radius 1 is 0.967 bits per heavy atom. The molecule has 1 amide bonds. The number of hydrogen-bond donors (Lipinski definition) is 1. The van der Waals surface area contributed by atoms with Crippen molar-refractivity contribution in [1.82, 2.24) is 5.32 Å². The number of rotatable bonds is 9. The summed E-state index contributed by atoms with van der Waals surface area (Å²) in [5.41, 5.74) is 4.29. The smallest absolute Gasteiger partial charge is 0.251 e. The van der Waals surface area contributed by atoms with E-state index in [-0.39, 0.29) is 11.9 Å². The molecule has 1 N–H and O–H groups in total. The molecule has 30 heavy (non-hydrogen) atoms. The molecule has 0 saturated heterocycles. The molecule has 3 nitrogen and oxygen atoms in total. The average molecular weight is 420 g/mol. The topological polar surface area (TPSA) is 38.3 Å². The molecule has 3 aromatic rings. The van der Waals surface area contributed by atoms with Gasteiger partial charge in [0.05, 0.1) is 12.6 Å². The Balaban J connectivity index is 1.51. The summed E-state index contributed by atoms with van der Waals surface area (Å²) in [5, 5.41) is 3.15. The fourth-order valence-electron chi connectivity index (χ4n) is 3.18. The van der Waals surface area contributed by atoms with Crippen LogP contribution < -0.4 is 10.1 Å². The van der Waals surface area contributed by atoms with Crippen LogP contribution in [0.3, 0.4) is 0 Å². The van der Waals surface area contributed by atoms with Gasteiger partial charge in [-0.3, -0.25) is 4.79 Å². The number of amides is 1. The van der Waals surface area contributed by atoms with Gasteiger partial charge in [-0.15, -0.1) is 11.8 Å². The van der Waals surface area contributed by atoms with Crippen molar-refractivity contribution in [2.75, 3.05) is 12.4 Å². The lowest BCUT2D eigenvalue weighted by Gasteiger charge is -2.19. The van der Waals surface area contributed by atoms with Crippen LogP contribution in [0.5, 0.6) is 5.75 Å². The van der Waals surface area contributed by atoms with Crippen molar-refractivity contribution >= 4 is 17.7 Å². The van der Waals surface area contributed by atoms with Crippen LogP contribution in [0.2, 0.25) is 0 Å². The van der Waals surface area contributed by atoms with E-state index in [1.54, 1.807) is 11.8 Å². The molecule has 0 radical (unpaired) electrons. The number of nitrogens with one attached hydrogen (secondary N) is 1. The van der Waals surface area contributed by atoms with E-state index < -0.39 is 0 Å². The van der Waals surface area contributed by atoms with Gasteiger partial charge in [0.15, 0.2) is 0 Å². The van der Waals surface area contributed by atoms with Gasteiger partial charge in [-0.25, -0.2) is 0 Å². The van der Waals surface area contributed by atoms with E-state index in [4.69, 9.17) is 4.74 Å². The maximum absolute atomic E-state index is 12.7. The van der Waals surface area contributed by atoms with E-state index in [2.05, 4.69) is 56.4 Å². The third-order valence-corrected chi connectivity index (χ3v) is 6.10. The van der Waals surface area contributed by atoms with Gasteiger partial charge in [0.25, 0.3) is 5.91 Å². The Kier molecular flexibility index (Phi) is 7.97. The molecule has 3 rings (SSSR count). The van der Waals surface area contributed by atoms with Crippen molar-refractivity contribution in [2.45, 2.75) is 38.1 Å². The van der Waals surface area contributed by atoms with Crippen LogP contribution >= 0.6 is 11.8 Å². The summed E-state index contributed by atoms with van der Waals surface area (Å²) in [5.74, 6) is 1.59. The summed E-state index contributed by atoms with van der Waals surface area (Å²) in [4.78, 5) is 14.0. The Hall–Kier alpha value is -2.72. The Labute approximate surface area is 183 Å². The monoisotopic (exact) mass is 419 g/mol. The maximum atomic E-state index is 12.7. The lowest BCUT2D eigenvalue weighted by Crippen LogP contribution is -2.28. The summed E-state index contributed by atoms with van der Waals surface area (Å²) >= 11 is 1.77. The highest BCUT2D eigenvalue weighted by Gasteiger charge is 2.15. The number of ether oxygens (including phenoxy) is 1. The van der Waals surface area contributed by atoms with Gasteiger partial charge in [0.2, 0.25) is 0 Å². The molecule has 0 saturated carbocycles. The van der Waals surface area contributed by atoms with Crippen LogP contribution in [0.15, 0.2) is 77.7 Å². The standard InChI is InChI=1S/C26H29NO2S/c1-4-25(22-11-10-19(2)20(3)18-22)27-26(28)21-12-14-23(15-13-21)29-16-17-30-24-8-6-5-7-9-24/h5-15,18,25H,4,16-17H2,1-3H3,(H,27,28)/t25-/m0/s1. The van der Waals surface area contributed by atoms with Gasteiger partial charge in [-0.05, 0) is 73.4 Å². The molecular weight excluding hydrogens is 390 g/mol. The van der Waals surface area contributed by atoms with E-state index in [9.17, 15) is 4.79 Å². The minimum atomic E-state index is -0.0636. The number of aryl methyl sites for hydroxylation is 2. The number of carbonyl (C=O) groups is 1. The third-order valence-electron chi connectivity index (χ3n) is 5.13. The summed E-state index contributed by atoms with van der Waals surface area (Å²) in [6, 6.07) is 24.0. The lowest BCUT2D eigenvalue weighted by molar-refractivity contribution is 0.0935. The van der Waals surface area contributed by atoms with Gasteiger partial charge in [0, 0.05) is 16.2 Å². The molecule has 0 fully saturated rings. The first-order chi connectivity index (χ1) is 14.6. The first-order valence-corrected chi connectivity index (χ1v) is 11.3. The number of hydrogen-bond acceptors (Lipinski definition) is 3. The zero-order valence-electron chi connectivity index (χ0n) is 17.9. The van der Waals surface area contributed by atoms with Crippen molar-refractivity contribution in [2.24, 2.45) is 0 Å². The van der Waals surface area contributed by atoms with Crippen LogP contribution in [0.25, 0.3) is 0 Å². The molecule has 0 aromatic heterocycles. The van der Waals surface area contributed by atoms with Crippen molar-refractivity contribution < 1.29 is 9.53 Å². The predicted octanol–water partition coefficient (Wildman–Crippen LogP) is 6.36. The van der Waals surface area contributed by atoms with Gasteiger partial charge >= 0.3 is 0 Å². The number of carbonyl (C=O) groups excluding carboxylic acids is 1. The molecule has 0 aliphatic heterocycles. The molecule has 0 aliphatic rings. The molecule has 0 bridgehead atoms. The average Bonchev–Trinajstić information content (AvgIpc) is 2.78. The third kappa shape index (κ3) is 6.14. The van der Waals surface area contributed by atoms with Gasteiger partial charge in [-0.2, -0.15) is 0 Å². The second kappa shape index (κ2) is 10.9. The lowest BCUT2D eigenvalue weighted by atomic mass is 9.99. The number of thioether (sulfide) groups is 1.